The van der Waals surface area contributed by atoms with Crippen LogP contribution < -0.4 is 4.72 Å². The molecule has 7 heteroatoms. The average molecular weight is 297 g/mol. The molecule has 0 saturated heterocycles. The fraction of sp³-hybridized carbons (Fsp3) is 0.308. The number of carbonyl (C=O) groups is 1. The van der Waals surface area contributed by atoms with Gasteiger partial charge in [-0.3, -0.25) is 4.79 Å². The molecule has 0 fully saturated rings. The van der Waals surface area contributed by atoms with Crippen molar-refractivity contribution >= 4 is 16.0 Å². The van der Waals surface area contributed by atoms with E-state index in [-0.39, 0.29) is 18.1 Å². The van der Waals surface area contributed by atoms with Gasteiger partial charge in [0, 0.05) is 5.56 Å². The molecule has 1 aromatic carbocycles. The number of sulfonamides is 1. The Morgan fingerprint density at radius 1 is 1.45 bits per heavy atom. The zero-order chi connectivity index (χ0) is 15.0. The van der Waals surface area contributed by atoms with Crippen LogP contribution in [0, 0.1) is 11.8 Å². The van der Waals surface area contributed by atoms with E-state index in [1.165, 1.54) is 18.2 Å². The maximum Gasteiger partial charge on any atom is 0.321 e. The van der Waals surface area contributed by atoms with E-state index in [1.807, 2.05) is 0 Å². The van der Waals surface area contributed by atoms with E-state index in [0.717, 1.165) is 0 Å². The second kappa shape index (κ2) is 7.65. The van der Waals surface area contributed by atoms with Crippen LogP contribution in [0.1, 0.15) is 12.5 Å². The number of rotatable bonds is 5. The summed E-state index contributed by atoms with van der Waals surface area (Å²) in [5.41, 5.74) is 0.457. The summed E-state index contributed by atoms with van der Waals surface area (Å²) in [5.74, 6) is 4.39. The molecule has 0 aliphatic heterocycles. The highest BCUT2D eigenvalue weighted by Gasteiger charge is 2.15. The molecule has 0 aliphatic carbocycles. The Balaban J connectivity index is 2.84. The molecule has 0 saturated carbocycles. The third-order valence-electron chi connectivity index (χ3n) is 2.17. The third kappa shape index (κ3) is 5.01. The van der Waals surface area contributed by atoms with E-state index in [1.54, 1.807) is 13.0 Å². The normalized spacial score (nSPS) is 10.5. The zero-order valence-corrected chi connectivity index (χ0v) is 11.7. The smallest absolute Gasteiger partial charge is 0.321 e. The lowest BCUT2D eigenvalue weighted by Crippen LogP contribution is -2.30. The molecule has 2 N–H and O–H groups in total. The molecule has 0 radical (unpaired) electrons. The van der Waals surface area contributed by atoms with Crippen LogP contribution >= 0.6 is 0 Å². The van der Waals surface area contributed by atoms with Gasteiger partial charge in [-0.15, -0.1) is 0 Å². The van der Waals surface area contributed by atoms with Crippen LogP contribution in [0.3, 0.4) is 0 Å². The molecule has 0 atom stereocenters. The summed E-state index contributed by atoms with van der Waals surface area (Å²) in [4.78, 5) is 11.1. The monoisotopic (exact) mass is 297 g/mol. The Labute approximate surface area is 117 Å². The van der Waals surface area contributed by atoms with E-state index in [0.29, 0.717) is 5.56 Å². The fourth-order valence-electron chi connectivity index (χ4n) is 1.33. The van der Waals surface area contributed by atoms with Gasteiger partial charge in [0.05, 0.1) is 11.5 Å². The van der Waals surface area contributed by atoms with Crippen molar-refractivity contribution in [2.75, 3.05) is 19.8 Å². The lowest BCUT2D eigenvalue weighted by atomic mass is 10.2. The van der Waals surface area contributed by atoms with Crippen molar-refractivity contribution in [3.63, 3.8) is 0 Å². The van der Waals surface area contributed by atoms with Gasteiger partial charge in [0.2, 0.25) is 10.0 Å². The lowest BCUT2D eigenvalue weighted by Gasteiger charge is -2.06. The van der Waals surface area contributed by atoms with Gasteiger partial charge in [-0.25, -0.2) is 8.42 Å². The molecule has 0 amide bonds. The Morgan fingerprint density at radius 2 is 2.20 bits per heavy atom. The summed E-state index contributed by atoms with van der Waals surface area (Å²) in [6.07, 6.45) is 0. The van der Waals surface area contributed by atoms with Crippen molar-refractivity contribution in [3.8, 4) is 11.8 Å². The standard InChI is InChI=1S/C13H15NO5S/c1-2-19-13(16)10-14-20(17,18)12-7-3-5-11(9-12)6-4-8-15/h3,5,7,9,14-15H,2,8,10H2,1H3. The second-order valence-corrected chi connectivity index (χ2v) is 5.38. The quantitative estimate of drug-likeness (QED) is 0.583. The molecule has 1 aromatic rings. The molecule has 108 valence electrons. The summed E-state index contributed by atoms with van der Waals surface area (Å²) in [6.45, 7) is 1.09. The summed E-state index contributed by atoms with van der Waals surface area (Å²) in [6, 6.07) is 5.89. The molecular formula is C13H15NO5S. The highest BCUT2D eigenvalue weighted by Crippen LogP contribution is 2.10. The van der Waals surface area contributed by atoms with Crippen molar-refractivity contribution in [3.05, 3.63) is 29.8 Å². The number of hydrogen-bond donors (Lipinski definition) is 2. The third-order valence-corrected chi connectivity index (χ3v) is 3.57. The molecular weight excluding hydrogens is 282 g/mol. The number of esters is 1. The minimum absolute atomic E-state index is 0.00783. The van der Waals surface area contributed by atoms with E-state index in [9.17, 15) is 13.2 Å². The molecule has 6 nitrogen and oxygen atoms in total. The molecule has 20 heavy (non-hydrogen) atoms. The Bertz CT molecular complexity index is 628. The highest BCUT2D eigenvalue weighted by atomic mass is 32.2. The summed E-state index contributed by atoms with van der Waals surface area (Å²) < 4.78 is 30.7. The first-order valence-corrected chi connectivity index (χ1v) is 7.33. The first-order valence-electron chi connectivity index (χ1n) is 5.84. The highest BCUT2D eigenvalue weighted by molar-refractivity contribution is 7.89. The maximum atomic E-state index is 12.0. The van der Waals surface area contributed by atoms with Crippen LogP contribution in [0.2, 0.25) is 0 Å². The van der Waals surface area contributed by atoms with Gasteiger partial charge in [-0.2, -0.15) is 4.72 Å². The minimum Gasteiger partial charge on any atom is -0.465 e. The summed E-state index contributed by atoms with van der Waals surface area (Å²) in [7, 11) is -3.80. The molecule has 0 bridgehead atoms. The van der Waals surface area contributed by atoms with Gasteiger partial charge in [-0.1, -0.05) is 17.9 Å². The van der Waals surface area contributed by atoms with Gasteiger partial charge < -0.3 is 9.84 Å². The van der Waals surface area contributed by atoms with Crippen LogP contribution in [0.25, 0.3) is 0 Å². The van der Waals surface area contributed by atoms with E-state index in [2.05, 4.69) is 21.3 Å². The number of nitrogens with one attached hydrogen (secondary N) is 1. The van der Waals surface area contributed by atoms with Crippen molar-refractivity contribution in [2.45, 2.75) is 11.8 Å². The summed E-state index contributed by atoms with van der Waals surface area (Å²) >= 11 is 0. The molecule has 0 heterocycles. The minimum atomic E-state index is -3.80. The second-order valence-electron chi connectivity index (χ2n) is 3.62. The Morgan fingerprint density at radius 3 is 2.85 bits per heavy atom. The summed E-state index contributed by atoms with van der Waals surface area (Å²) in [5, 5.41) is 8.60. The zero-order valence-electron chi connectivity index (χ0n) is 10.9. The maximum absolute atomic E-state index is 12.0. The molecule has 0 aliphatic rings. The van der Waals surface area contributed by atoms with Crippen molar-refractivity contribution in [1.29, 1.82) is 0 Å². The number of carbonyl (C=O) groups excluding carboxylic acids is 1. The molecule has 0 aromatic heterocycles. The van der Waals surface area contributed by atoms with Gasteiger partial charge in [0.1, 0.15) is 13.2 Å². The number of hydrogen-bond acceptors (Lipinski definition) is 5. The van der Waals surface area contributed by atoms with Crippen LogP contribution in [-0.4, -0.2) is 39.3 Å². The number of aliphatic hydroxyl groups is 1. The van der Waals surface area contributed by atoms with Crippen molar-refractivity contribution in [1.82, 2.24) is 4.72 Å². The average Bonchev–Trinajstić information content (AvgIpc) is 2.44. The Kier molecular flexibility index (Phi) is 6.18. The van der Waals surface area contributed by atoms with Gasteiger partial charge in [-0.05, 0) is 25.1 Å². The van der Waals surface area contributed by atoms with E-state index in [4.69, 9.17) is 5.11 Å². The van der Waals surface area contributed by atoms with E-state index < -0.39 is 22.5 Å². The molecule has 0 spiro atoms. The lowest BCUT2D eigenvalue weighted by molar-refractivity contribution is -0.141. The van der Waals surface area contributed by atoms with Crippen molar-refractivity contribution in [2.24, 2.45) is 0 Å². The van der Waals surface area contributed by atoms with Gasteiger partial charge >= 0.3 is 5.97 Å². The van der Waals surface area contributed by atoms with E-state index >= 15 is 0 Å². The Hall–Kier alpha value is -1.88. The fourth-order valence-corrected chi connectivity index (χ4v) is 2.35. The van der Waals surface area contributed by atoms with Crippen LogP contribution in [0.15, 0.2) is 29.2 Å². The topological polar surface area (TPSA) is 92.7 Å². The predicted octanol–water partition coefficient (Wildman–Crippen LogP) is -0.128. The predicted molar refractivity (Wildman–Crippen MR) is 72.2 cm³/mol. The van der Waals surface area contributed by atoms with Gasteiger partial charge in [0.25, 0.3) is 0 Å². The van der Waals surface area contributed by atoms with Gasteiger partial charge in [0.15, 0.2) is 0 Å². The number of aliphatic hydroxyl groups excluding tert-OH is 1. The molecule has 0 unspecified atom stereocenters. The number of benzene rings is 1. The first kappa shape index (κ1) is 16.2. The first-order chi connectivity index (χ1) is 9.49. The number of ether oxygens (including phenoxy) is 1. The largest absolute Gasteiger partial charge is 0.465 e. The SMILES string of the molecule is CCOC(=O)CNS(=O)(=O)c1cccc(C#CCO)c1. The van der Waals surface area contributed by atoms with Crippen LogP contribution in [0.4, 0.5) is 0 Å². The van der Waals surface area contributed by atoms with Crippen LogP contribution in [0.5, 0.6) is 0 Å². The van der Waals surface area contributed by atoms with Crippen LogP contribution in [-0.2, 0) is 19.6 Å². The molecule has 1 rings (SSSR count). The van der Waals surface area contributed by atoms with Crippen molar-refractivity contribution < 1.29 is 23.1 Å².